The highest BCUT2D eigenvalue weighted by Crippen LogP contribution is 2.44. The monoisotopic (exact) mass is 374 g/mol. The van der Waals surface area contributed by atoms with Crippen molar-refractivity contribution in [2.45, 2.75) is 44.4 Å². The van der Waals surface area contributed by atoms with E-state index in [9.17, 15) is 18.0 Å². The van der Waals surface area contributed by atoms with Gasteiger partial charge in [-0.15, -0.1) is 0 Å². The maximum absolute atomic E-state index is 13.0. The number of anilines is 2. The Balaban J connectivity index is 1.92. The minimum Gasteiger partial charge on any atom is -0.326 e. The van der Waals surface area contributed by atoms with Gasteiger partial charge < -0.3 is 10.1 Å². The highest BCUT2D eigenvalue weighted by Gasteiger charge is 2.35. The highest BCUT2D eigenvalue weighted by atomic mass is 32.2. The number of benzene rings is 2. The molecule has 1 aliphatic heterocycles. The Labute approximate surface area is 153 Å². The first-order valence-electron chi connectivity index (χ1n) is 8.68. The predicted molar refractivity (Wildman–Crippen MR) is 102 cm³/mol. The zero-order chi connectivity index (χ0) is 18.9. The molecule has 0 atom stereocenters. The maximum Gasteiger partial charge on any atom is 0.265 e. The van der Waals surface area contributed by atoms with Gasteiger partial charge in [0.1, 0.15) is 5.78 Å². The number of rotatable bonds is 7. The number of amides is 1. The molecular weight excluding hydrogens is 352 g/mol. The van der Waals surface area contributed by atoms with Gasteiger partial charge in [0, 0.05) is 36.3 Å². The van der Waals surface area contributed by atoms with E-state index in [-0.39, 0.29) is 16.6 Å². The molecular formula is C19H22N2O4S. The molecule has 1 N–H and O–H groups in total. The van der Waals surface area contributed by atoms with Crippen LogP contribution in [0.1, 0.15) is 39.5 Å². The fourth-order valence-corrected chi connectivity index (χ4v) is 5.11. The molecule has 0 unspecified atom stereocenters. The highest BCUT2D eigenvalue weighted by molar-refractivity contribution is 7.93. The van der Waals surface area contributed by atoms with E-state index in [4.69, 9.17) is 0 Å². The van der Waals surface area contributed by atoms with Gasteiger partial charge in [-0.3, -0.25) is 9.10 Å². The van der Waals surface area contributed by atoms with E-state index in [1.165, 1.54) is 11.2 Å². The summed E-state index contributed by atoms with van der Waals surface area (Å²) in [5.41, 5.74) is 1.26. The molecule has 0 aliphatic carbocycles. The van der Waals surface area contributed by atoms with Crippen LogP contribution in [0, 0.1) is 0 Å². The number of unbranched alkanes of at least 4 members (excludes halogenated alkanes) is 2. The van der Waals surface area contributed by atoms with E-state index in [0.29, 0.717) is 36.1 Å². The minimum atomic E-state index is -3.59. The Morgan fingerprint density at radius 1 is 1.04 bits per heavy atom. The fraction of sp³-hybridized carbons (Fsp3) is 0.368. The molecule has 3 rings (SSSR count). The van der Waals surface area contributed by atoms with E-state index in [0.717, 1.165) is 18.2 Å². The van der Waals surface area contributed by atoms with Crippen LogP contribution in [0.25, 0.3) is 10.8 Å². The van der Waals surface area contributed by atoms with Crippen LogP contribution in [0.5, 0.6) is 0 Å². The summed E-state index contributed by atoms with van der Waals surface area (Å²) in [5, 5.41) is 4.13. The molecule has 0 saturated carbocycles. The third-order valence-electron chi connectivity index (χ3n) is 4.52. The largest absolute Gasteiger partial charge is 0.326 e. The molecule has 1 heterocycles. The fourth-order valence-electron chi connectivity index (χ4n) is 3.37. The Hall–Kier alpha value is -2.41. The van der Waals surface area contributed by atoms with Gasteiger partial charge in [-0.25, -0.2) is 8.42 Å². The second-order valence-electron chi connectivity index (χ2n) is 6.58. The second-order valence-corrected chi connectivity index (χ2v) is 8.41. The lowest BCUT2D eigenvalue weighted by molar-refractivity contribution is -0.117. The molecule has 0 spiro atoms. The summed E-state index contributed by atoms with van der Waals surface area (Å²) in [6.07, 6.45) is 2.79. The number of hydrogen-bond donors (Lipinski definition) is 1. The van der Waals surface area contributed by atoms with Gasteiger partial charge in [0.2, 0.25) is 5.91 Å². The Bertz CT molecular complexity index is 982. The standard InChI is InChI=1S/C19H22N2O4S/c1-13(22)7-4-3-5-12-21-17-11-10-16(20-14(2)23)15-8-6-9-18(19(15)17)26(21,24)25/h6,8-11H,3-5,7,12H2,1-2H3,(H,20,23). The third-order valence-corrected chi connectivity index (χ3v) is 6.37. The van der Waals surface area contributed by atoms with Crippen molar-refractivity contribution in [1.82, 2.24) is 0 Å². The number of carbonyl (C=O) groups excluding carboxylic acids is 2. The second kappa shape index (κ2) is 7.07. The Kier molecular flexibility index (Phi) is 5.00. The van der Waals surface area contributed by atoms with Crippen molar-refractivity contribution >= 4 is 43.9 Å². The van der Waals surface area contributed by atoms with Gasteiger partial charge in [0.15, 0.2) is 0 Å². The van der Waals surface area contributed by atoms with E-state index in [1.807, 2.05) is 6.07 Å². The Morgan fingerprint density at radius 2 is 1.81 bits per heavy atom. The van der Waals surface area contributed by atoms with Crippen molar-refractivity contribution < 1.29 is 18.0 Å². The molecule has 0 bridgehead atoms. The molecule has 0 saturated heterocycles. The lowest BCUT2D eigenvalue weighted by Crippen LogP contribution is -2.28. The number of sulfonamides is 1. The number of nitrogens with one attached hydrogen (secondary N) is 1. The van der Waals surface area contributed by atoms with Crippen LogP contribution in [0.3, 0.4) is 0 Å². The summed E-state index contributed by atoms with van der Waals surface area (Å²) in [4.78, 5) is 22.7. The zero-order valence-electron chi connectivity index (χ0n) is 14.9. The summed E-state index contributed by atoms with van der Waals surface area (Å²) in [6, 6.07) is 8.61. The van der Waals surface area contributed by atoms with E-state index < -0.39 is 10.0 Å². The first kappa shape index (κ1) is 18.4. The van der Waals surface area contributed by atoms with Crippen molar-refractivity contribution in [3.63, 3.8) is 0 Å². The number of carbonyl (C=O) groups is 2. The minimum absolute atomic E-state index is 0.154. The number of hydrogen-bond acceptors (Lipinski definition) is 4. The average molecular weight is 374 g/mol. The summed E-state index contributed by atoms with van der Waals surface area (Å²) in [7, 11) is -3.59. The van der Waals surface area contributed by atoms with E-state index in [1.54, 1.807) is 31.2 Å². The lowest BCUT2D eigenvalue weighted by Gasteiger charge is -2.19. The predicted octanol–water partition coefficient (Wildman–Crippen LogP) is 3.46. The third kappa shape index (κ3) is 3.31. The molecule has 0 fully saturated rings. The van der Waals surface area contributed by atoms with Crippen LogP contribution in [0.4, 0.5) is 11.4 Å². The first-order chi connectivity index (χ1) is 12.3. The number of nitrogens with zero attached hydrogens (tertiary/aromatic N) is 1. The van der Waals surface area contributed by atoms with Gasteiger partial charge in [-0.05, 0) is 38.0 Å². The smallest absolute Gasteiger partial charge is 0.265 e. The first-order valence-corrected chi connectivity index (χ1v) is 10.1. The average Bonchev–Trinajstić information content (AvgIpc) is 2.78. The molecule has 138 valence electrons. The van der Waals surface area contributed by atoms with Gasteiger partial charge in [-0.2, -0.15) is 0 Å². The molecule has 7 heteroatoms. The SMILES string of the molecule is CC(=O)CCCCCN1c2ccc(NC(C)=O)c3cccc(c23)S1(=O)=O. The molecule has 1 aliphatic rings. The number of Topliss-reactive ketones (excluding diaryl/α,β-unsaturated/α-hetero) is 1. The van der Waals surface area contributed by atoms with Gasteiger partial charge in [-0.1, -0.05) is 18.6 Å². The van der Waals surface area contributed by atoms with Crippen LogP contribution < -0.4 is 9.62 Å². The van der Waals surface area contributed by atoms with E-state index in [2.05, 4.69) is 5.32 Å². The van der Waals surface area contributed by atoms with Gasteiger partial charge in [0.05, 0.1) is 10.6 Å². The van der Waals surface area contributed by atoms with Crippen LogP contribution in [-0.2, 0) is 19.6 Å². The van der Waals surface area contributed by atoms with Crippen molar-refractivity contribution in [3.8, 4) is 0 Å². The van der Waals surface area contributed by atoms with E-state index >= 15 is 0 Å². The van der Waals surface area contributed by atoms with Crippen molar-refractivity contribution in [2.75, 3.05) is 16.2 Å². The summed E-state index contributed by atoms with van der Waals surface area (Å²) in [5.74, 6) is -0.0460. The summed E-state index contributed by atoms with van der Waals surface area (Å²) in [6.45, 7) is 3.37. The van der Waals surface area contributed by atoms with Crippen LogP contribution in [0.15, 0.2) is 35.2 Å². The van der Waals surface area contributed by atoms with Crippen LogP contribution in [-0.4, -0.2) is 26.7 Å². The Morgan fingerprint density at radius 3 is 2.50 bits per heavy atom. The molecule has 0 radical (unpaired) electrons. The maximum atomic E-state index is 13.0. The molecule has 2 aromatic rings. The molecule has 1 amide bonds. The lowest BCUT2D eigenvalue weighted by atomic mass is 10.1. The quantitative estimate of drug-likeness (QED) is 0.752. The summed E-state index contributed by atoms with van der Waals surface area (Å²) >= 11 is 0. The van der Waals surface area contributed by atoms with Crippen LogP contribution in [0.2, 0.25) is 0 Å². The molecule has 2 aromatic carbocycles. The van der Waals surface area contributed by atoms with Gasteiger partial charge in [0.25, 0.3) is 10.0 Å². The number of ketones is 1. The van der Waals surface area contributed by atoms with Crippen molar-refractivity contribution in [1.29, 1.82) is 0 Å². The topological polar surface area (TPSA) is 83.6 Å². The van der Waals surface area contributed by atoms with Gasteiger partial charge >= 0.3 is 0 Å². The van der Waals surface area contributed by atoms with Crippen molar-refractivity contribution in [2.24, 2.45) is 0 Å². The zero-order valence-corrected chi connectivity index (χ0v) is 15.7. The van der Waals surface area contributed by atoms with Crippen molar-refractivity contribution in [3.05, 3.63) is 30.3 Å². The molecule has 0 aromatic heterocycles. The summed E-state index contributed by atoms with van der Waals surface area (Å²) < 4.78 is 27.4. The molecule has 6 nitrogen and oxygen atoms in total. The molecule has 26 heavy (non-hydrogen) atoms. The normalized spacial score (nSPS) is 14.6. The van der Waals surface area contributed by atoms with Crippen LogP contribution >= 0.6 is 0 Å².